The first-order valence-corrected chi connectivity index (χ1v) is 4.33. The molecule has 0 spiro atoms. The quantitative estimate of drug-likeness (QED) is 0.724. The summed E-state index contributed by atoms with van der Waals surface area (Å²) in [6.45, 7) is 9.14. The van der Waals surface area contributed by atoms with Gasteiger partial charge < -0.3 is 5.32 Å². The van der Waals surface area contributed by atoms with E-state index in [2.05, 4.69) is 18.5 Å². The molecule has 0 aliphatic heterocycles. The number of benzene rings is 1. The number of hydrogen-bond donors (Lipinski definition) is 1. The van der Waals surface area contributed by atoms with Gasteiger partial charge >= 0.3 is 0 Å². The van der Waals surface area contributed by atoms with E-state index in [1.54, 1.807) is 0 Å². The van der Waals surface area contributed by atoms with Gasteiger partial charge in [-0.3, -0.25) is 4.79 Å². The number of nitrogens with one attached hydrogen (secondary N) is 1. The summed E-state index contributed by atoms with van der Waals surface area (Å²) >= 11 is 0. The number of carbonyl (C=O) groups excluding carboxylic acids is 1. The average molecular weight is 187 g/mol. The number of carbonyl (C=O) groups is 1. The molecule has 0 aromatic heterocycles. The van der Waals surface area contributed by atoms with Crippen molar-refractivity contribution in [2.45, 2.75) is 6.92 Å². The van der Waals surface area contributed by atoms with Crippen LogP contribution in [0.5, 0.6) is 0 Å². The van der Waals surface area contributed by atoms with Crippen LogP contribution in [0.25, 0.3) is 5.57 Å². The van der Waals surface area contributed by atoms with Gasteiger partial charge in [0.15, 0.2) is 0 Å². The van der Waals surface area contributed by atoms with Crippen LogP contribution in [0.3, 0.4) is 0 Å². The molecule has 0 aliphatic rings. The van der Waals surface area contributed by atoms with Gasteiger partial charge in [0, 0.05) is 11.3 Å². The van der Waals surface area contributed by atoms with Crippen molar-refractivity contribution in [2.75, 3.05) is 5.32 Å². The van der Waals surface area contributed by atoms with Gasteiger partial charge in [-0.2, -0.15) is 0 Å². The molecule has 0 aliphatic carbocycles. The van der Waals surface area contributed by atoms with Crippen molar-refractivity contribution in [1.29, 1.82) is 0 Å². The highest BCUT2D eigenvalue weighted by Gasteiger charge is 2.03. The summed E-state index contributed by atoms with van der Waals surface area (Å²) in [5.74, 6) is -0.210. The Labute approximate surface area is 84.0 Å². The van der Waals surface area contributed by atoms with Crippen molar-refractivity contribution >= 4 is 17.2 Å². The van der Waals surface area contributed by atoms with Crippen LogP contribution in [0.2, 0.25) is 0 Å². The van der Waals surface area contributed by atoms with Gasteiger partial charge in [-0.15, -0.1) is 0 Å². The van der Waals surface area contributed by atoms with Gasteiger partial charge in [0.2, 0.25) is 5.91 Å². The largest absolute Gasteiger partial charge is 0.322 e. The van der Waals surface area contributed by atoms with Gasteiger partial charge in [0.05, 0.1) is 0 Å². The molecule has 2 heteroatoms. The first kappa shape index (κ1) is 10.3. The Morgan fingerprint density at radius 1 is 1.43 bits per heavy atom. The third kappa shape index (κ3) is 2.33. The molecule has 2 nitrogen and oxygen atoms in total. The van der Waals surface area contributed by atoms with Crippen LogP contribution in [0, 0.1) is 0 Å². The minimum Gasteiger partial charge on any atom is -0.322 e. The maximum absolute atomic E-state index is 11.1. The van der Waals surface area contributed by atoms with Crippen molar-refractivity contribution in [1.82, 2.24) is 0 Å². The topological polar surface area (TPSA) is 29.1 Å². The van der Waals surface area contributed by atoms with Gasteiger partial charge in [-0.25, -0.2) is 0 Å². The van der Waals surface area contributed by atoms with Crippen molar-refractivity contribution in [3.05, 3.63) is 49.1 Å². The van der Waals surface area contributed by atoms with Crippen LogP contribution in [-0.2, 0) is 4.79 Å². The fraction of sp³-hybridized carbons (Fsp3) is 0.0833. The molecule has 1 aromatic carbocycles. The molecule has 0 saturated heterocycles. The molecule has 1 N–H and O–H groups in total. The first-order chi connectivity index (χ1) is 6.65. The number of amides is 1. The van der Waals surface area contributed by atoms with Crippen LogP contribution in [-0.4, -0.2) is 5.91 Å². The van der Waals surface area contributed by atoms with E-state index in [9.17, 15) is 4.79 Å². The van der Waals surface area contributed by atoms with Crippen molar-refractivity contribution in [3.8, 4) is 0 Å². The zero-order valence-corrected chi connectivity index (χ0v) is 8.21. The summed E-state index contributed by atoms with van der Waals surface area (Å²) in [4.78, 5) is 11.1. The van der Waals surface area contributed by atoms with E-state index in [-0.39, 0.29) is 5.91 Å². The molecule has 72 valence electrons. The van der Waals surface area contributed by atoms with E-state index in [1.807, 2.05) is 31.2 Å². The zero-order chi connectivity index (χ0) is 10.6. The minimum atomic E-state index is -0.210. The second-order valence-electron chi connectivity index (χ2n) is 3.02. The van der Waals surface area contributed by atoms with Gasteiger partial charge in [0.1, 0.15) is 0 Å². The fourth-order valence-corrected chi connectivity index (χ4v) is 1.15. The molecular weight excluding hydrogens is 174 g/mol. The maximum atomic E-state index is 11.1. The molecule has 14 heavy (non-hydrogen) atoms. The lowest BCUT2D eigenvalue weighted by molar-refractivity contribution is -0.111. The fourth-order valence-electron chi connectivity index (χ4n) is 1.15. The van der Waals surface area contributed by atoms with Crippen LogP contribution in [0.15, 0.2) is 43.5 Å². The molecule has 0 radical (unpaired) electrons. The second kappa shape index (κ2) is 4.42. The normalized spacial score (nSPS) is 9.21. The summed E-state index contributed by atoms with van der Waals surface area (Å²) in [6, 6.07) is 7.53. The SMILES string of the molecule is C=CC(=O)Nc1ccccc1C(=C)C. The molecule has 0 heterocycles. The predicted molar refractivity (Wildman–Crippen MR) is 60.0 cm³/mol. The lowest BCUT2D eigenvalue weighted by Crippen LogP contribution is -2.08. The zero-order valence-electron chi connectivity index (χ0n) is 8.21. The highest BCUT2D eigenvalue weighted by atomic mass is 16.1. The molecule has 1 rings (SSSR count). The molecule has 0 fully saturated rings. The van der Waals surface area contributed by atoms with Crippen LogP contribution in [0.1, 0.15) is 12.5 Å². The number of para-hydroxylation sites is 1. The van der Waals surface area contributed by atoms with Gasteiger partial charge in [-0.05, 0) is 24.6 Å². The Morgan fingerprint density at radius 2 is 2.07 bits per heavy atom. The van der Waals surface area contributed by atoms with E-state index < -0.39 is 0 Å². The Balaban J connectivity index is 3.01. The Bertz CT molecular complexity index is 380. The maximum Gasteiger partial charge on any atom is 0.247 e. The van der Waals surface area contributed by atoms with Crippen LogP contribution < -0.4 is 5.32 Å². The molecule has 0 atom stereocenters. The van der Waals surface area contributed by atoms with E-state index in [0.717, 1.165) is 16.8 Å². The highest BCUT2D eigenvalue weighted by molar-refractivity contribution is 6.00. The third-order valence-electron chi connectivity index (χ3n) is 1.83. The average Bonchev–Trinajstić information content (AvgIpc) is 2.18. The summed E-state index contributed by atoms with van der Waals surface area (Å²) < 4.78 is 0. The Kier molecular flexibility index (Phi) is 3.24. The molecule has 1 aromatic rings. The monoisotopic (exact) mass is 187 g/mol. The second-order valence-corrected chi connectivity index (χ2v) is 3.02. The van der Waals surface area contributed by atoms with Crippen molar-refractivity contribution < 1.29 is 4.79 Å². The number of anilines is 1. The summed E-state index contributed by atoms with van der Waals surface area (Å²) in [5, 5.41) is 2.72. The molecule has 0 bridgehead atoms. The van der Waals surface area contributed by atoms with E-state index in [1.165, 1.54) is 6.08 Å². The smallest absolute Gasteiger partial charge is 0.247 e. The van der Waals surface area contributed by atoms with E-state index >= 15 is 0 Å². The summed E-state index contributed by atoms with van der Waals surface area (Å²) in [5.41, 5.74) is 2.64. The van der Waals surface area contributed by atoms with Gasteiger partial charge in [-0.1, -0.05) is 31.4 Å². The lowest BCUT2D eigenvalue weighted by Gasteiger charge is -2.08. The Morgan fingerprint density at radius 3 is 2.64 bits per heavy atom. The van der Waals surface area contributed by atoms with Crippen LogP contribution in [0.4, 0.5) is 5.69 Å². The predicted octanol–water partition coefficient (Wildman–Crippen LogP) is 2.84. The molecule has 1 amide bonds. The standard InChI is InChI=1S/C12H13NO/c1-4-12(14)13-11-8-6-5-7-10(11)9(2)3/h4-8H,1-2H2,3H3,(H,13,14). The first-order valence-electron chi connectivity index (χ1n) is 4.33. The van der Waals surface area contributed by atoms with E-state index in [4.69, 9.17) is 0 Å². The minimum absolute atomic E-state index is 0.210. The van der Waals surface area contributed by atoms with Crippen molar-refractivity contribution in [3.63, 3.8) is 0 Å². The highest BCUT2D eigenvalue weighted by Crippen LogP contribution is 2.21. The summed E-state index contributed by atoms with van der Waals surface area (Å²) in [7, 11) is 0. The molecule has 0 saturated carbocycles. The van der Waals surface area contributed by atoms with Crippen molar-refractivity contribution in [2.24, 2.45) is 0 Å². The lowest BCUT2D eigenvalue weighted by atomic mass is 10.1. The number of rotatable bonds is 3. The summed E-state index contributed by atoms with van der Waals surface area (Å²) in [6.07, 6.45) is 1.25. The third-order valence-corrected chi connectivity index (χ3v) is 1.83. The Hall–Kier alpha value is -1.83. The van der Waals surface area contributed by atoms with E-state index in [0.29, 0.717) is 0 Å². The number of allylic oxidation sites excluding steroid dienone is 1. The number of hydrogen-bond acceptors (Lipinski definition) is 1. The van der Waals surface area contributed by atoms with Crippen LogP contribution >= 0.6 is 0 Å². The molecular formula is C12H13NO. The van der Waals surface area contributed by atoms with Gasteiger partial charge in [0.25, 0.3) is 0 Å². The molecule has 0 unspecified atom stereocenters.